The molecule has 0 radical (unpaired) electrons. The average molecular weight is 368 g/mol. The Morgan fingerprint density at radius 1 is 0.739 bits per heavy atom. The molecule has 23 heavy (non-hydrogen) atoms. The van der Waals surface area contributed by atoms with Crippen molar-refractivity contribution in [2.24, 2.45) is 0 Å². The van der Waals surface area contributed by atoms with Crippen LogP contribution >= 0.6 is 15.2 Å². The second-order valence-corrected chi connectivity index (χ2v) is 9.72. The third-order valence-corrected chi connectivity index (χ3v) is 9.79. The van der Waals surface area contributed by atoms with Gasteiger partial charge in [0.1, 0.15) is 0 Å². The zero-order chi connectivity index (χ0) is 18.0. The lowest BCUT2D eigenvalue weighted by atomic mass is 10.2. The predicted octanol–water partition coefficient (Wildman–Crippen LogP) is 5.37. The van der Waals surface area contributed by atoms with E-state index in [1.165, 1.54) is 12.2 Å². The lowest BCUT2D eigenvalue weighted by Crippen LogP contribution is -2.32. The minimum absolute atomic E-state index is 0.0908. The molecule has 6 nitrogen and oxygen atoms in total. The van der Waals surface area contributed by atoms with Crippen molar-refractivity contribution < 1.29 is 27.2 Å². The first-order valence-corrected chi connectivity index (χ1v) is 11.0. The molecule has 0 aliphatic carbocycles. The molecule has 0 unspecified atom stereocenters. The van der Waals surface area contributed by atoms with E-state index in [1.54, 1.807) is 27.7 Å². The number of hydrogen-bond donors (Lipinski definition) is 0. The van der Waals surface area contributed by atoms with Crippen molar-refractivity contribution in [2.45, 2.75) is 45.4 Å². The molecule has 0 saturated carbocycles. The maximum absolute atomic E-state index is 13.5. The van der Waals surface area contributed by atoms with Crippen LogP contribution in [0.2, 0.25) is 0 Å². The van der Waals surface area contributed by atoms with Gasteiger partial charge in [0, 0.05) is 0 Å². The van der Waals surface area contributed by atoms with Crippen molar-refractivity contribution >= 4 is 15.2 Å². The first kappa shape index (κ1) is 22.8. The third-order valence-electron chi connectivity index (χ3n) is 3.16. The lowest BCUT2D eigenvalue weighted by molar-refractivity contribution is 0.177. The van der Waals surface area contributed by atoms with E-state index in [1.807, 2.05) is 0 Å². The summed E-state index contributed by atoms with van der Waals surface area (Å²) in [5, 5.41) is 0. The Morgan fingerprint density at radius 2 is 1.00 bits per heavy atom. The molecule has 0 amide bonds. The van der Waals surface area contributed by atoms with Gasteiger partial charge in [0.15, 0.2) is 4.90 Å². The van der Waals surface area contributed by atoms with Gasteiger partial charge in [-0.15, -0.1) is 13.2 Å². The molecule has 0 spiro atoms. The molecule has 0 bridgehead atoms. The highest BCUT2D eigenvalue weighted by Crippen LogP contribution is 2.80. The van der Waals surface area contributed by atoms with Crippen LogP contribution < -0.4 is 0 Å². The summed E-state index contributed by atoms with van der Waals surface area (Å²) in [6.07, 6.45) is 3.24. The van der Waals surface area contributed by atoms with Crippen molar-refractivity contribution in [2.75, 3.05) is 26.4 Å². The van der Waals surface area contributed by atoms with Crippen LogP contribution in [0.15, 0.2) is 25.3 Å². The van der Waals surface area contributed by atoms with Crippen molar-refractivity contribution in [1.29, 1.82) is 0 Å². The van der Waals surface area contributed by atoms with Crippen LogP contribution in [-0.2, 0) is 27.2 Å². The van der Waals surface area contributed by atoms with E-state index < -0.39 is 20.1 Å². The first-order chi connectivity index (χ1) is 10.9. The molecule has 0 aromatic rings. The van der Waals surface area contributed by atoms with Crippen LogP contribution in [0.3, 0.4) is 0 Å². The summed E-state index contributed by atoms with van der Waals surface area (Å²) in [6, 6.07) is 0. The van der Waals surface area contributed by atoms with Gasteiger partial charge in [-0.25, -0.2) is 0 Å². The van der Waals surface area contributed by atoms with Crippen LogP contribution in [0.25, 0.3) is 0 Å². The van der Waals surface area contributed by atoms with E-state index in [9.17, 15) is 9.13 Å². The fourth-order valence-corrected chi connectivity index (χ4v) is 8.15. The third kappa shape index (κ3) is 4.88. The second kappa shape index (κ2) is 10.6. The van der Waals surface area contributed by atoms with E-state index >= 15 is 0 Å². The molecule has 0 fully saturated rings. The molecule has 0 N–H and O–H groups in total. The first-order valence-electron chi connectivity index (χ1n) is 7.87. The minimum atomic E-state index is -3.83. The molecule has 0 rings (SSSR count). The van der Waals surface area contributed by atoms with Crippen molar-refractivity contribution in [3.8, 4) is 0 Å². The summed E-state index contributed by atoms with van der Waals surface area (Å²) >= 11 is 0. The standard InChI is InChI=1S/C15H30O6P2/c1-7-13-15(14-8-2,22(16,18-9-3)19-10-4)23(17,20-11-5)21-12-6/h7-8H,1-2,9-14H2,3-6H3. The maximum atomic E-state index is 13.5. The molecular weight excluding hydrogens is 338 g/mol. The lowest BCUT2D eigenvalue weighted by Gasteiger charge is -2.41. The number of hydrogen-bond acceptors (Lipinski definition) is 6. The van der Waals surface area contributed by atoms with Gasteiger partial charge in [0.25, 0.3) is 0 Å². The Kier molecular flexibility index (Phi) is 10.5. The molecule has 8 heteroatoms. The van der Waals surface area contributed by atoms with Gasteiger partial charge in [0.05, 0.1) is 26.4 Å². The van der Waals surface area contributed by atoms with Crippen LogP contribution in [-0.4, -0.2) is 31.3 Å². The maximum Gasteiger partial charge on any atom is 0.349 e. The fourth-order valence-electron chi connectivity index (χ4n) is 2.38. The van der Waals surface area contributed by atoms with E-state index in [0.29, 0.717) is 0 Å². The zero-order valence-electron chi connectivity index (χ0n) is 14.7. The molecule has 0 aromatic carbocycles. The smallest absolute Gasteiger partial charge is 0.308 e. The van der Waals surface area contributed by atoms with Gasteiger partial charge in [-0.05, 0) is 40.5 Å². The Bertz CT molecular complexity index is 401. The Balaban J connectivity index is 6.44. The highest BCUT2D eigenvalue weighted by Gasteiger charge is 2.63. The summed E-state index contributed by atoms with van der Waals surface area (Å²) in [5.74, 6) is 0. The average Bonchev–Trinajstić information content (AvgIpc) is 2.47. The van der Waals surface area contributed by atoms with E-state index in [-0.39, 0.29) is 39.3 Å². The summed E-state index contributed by atoms with van der Waals surface area (Å²) in [5.41, 5.74) is 0. The number of rotatable bonds is 14. The normalized spacial score (nSPS) is 13.0. The van der Waals surface area contributed by atoms with Gasteiger partial charge in [-0.3, -0.25) is 9.13 Å². The summed E-state index contributed by atoms with van der Waals surface area (Å²) in [6.45, 7) is 14.8. The SMILES string of the molecule is C=CCC(CC=C)(P(=O)(OCC)OCC)P(=O)(OCC)OCC. The van der Waals surface area contributed by atoms with Crippen molar-refractivity contribution in [3.63, 3.8) is 0 Å². The summed E-state index contributed by atoms with van der Waals surface area (Å²) < 4.78 is 49.0. The molecule has 0 aliphatic rings. The summed E-state index contributed by atoms with van der Waals surface area (Å²) in [4.78, 5) is -1.50. The van der Waals surface area contributed by atoms with Gasteiger partial charge >= 0.3 is 15.2 Å². The largest absolute Gasteiger partial charge is 0.349 e. The molecule has 136 valence electrons. The highest BCUT2D eigenvalue weighted by atomic mass is 31.2. The minimum Gasteiger partial charge on any atom is -0.308 e. The second-order valence-electron chi connectivity index (χ2n) is 4.63. The Labute approximate surface area is 140 Å². The molecule has 0 aliphatic heterocycles. The number of allylic oxidation sites excluding steroid dienone is 2. The monoisotopic (exact) mass is 368 g/mol. The Hall–Kier alpha value is -0.220. The van der Waals surface area contributed by atoms with Crippen LogP contribution in [0.4, 0.5) is 0 Å². The van der Waals surface area contributed by atoms with Crippen molar-refractivity contribution in [3.05, 3.63) is 25.3 Å². The molecular formula is C15H30O6P2. The topological polar surface area (TPSA) is 71.1 Å². The van der Waals surface area contributed by atoms with Gasteiger partial charge < -0.3 is 18.1 Å². The molecule has 0 aromatic heterocycles. The molecule has 0 heterocycles. The Morgan fingerprint density at radius 3 is 1.17 bits per heavy atom. The van der Waals surface area contributed by atoms with E-state index in [2.05, 4.69) is 13.2 Å². The van der Waals surface area contributed by atoms with Gasteiger partial charge in [-0.1, -0.05) is 12.2 Å². The van der Waals surface area contributed by atoms with Crippen LogP contribution in [0.1, 0.15) is 40.5 Å². The van der Waals surface area contributed by atoms with E-state index in [0.717, 1.165) is 0 Å². The highest BCUT2D eigenvalue weighted by molar-refractivity contribution is 7.74. The molecule has 0 atom stereocenters. The fraction of sp³-hybridized carbons (Fsp3) is 0.733. The predicted molar refractivity (Wildman–Crippen MR) is 94.1 cm³/mol. The summed E-state index contributed by atoms with van der Waals surface area (Å²) in [7, 11) is -7.66. The quantitative estimate of drug-likeness (QED) is 0.303. The van der Waals surface area contributed by atoms with Gasteiger partial charge in [-0.2, -0.15) is 0 Å². The zero-order valence-corrected chi connectivity index (χ0v) is 16.4. The molecule has 0 saturated heterocycles. The van der Waals surface area contributed by atoms with E-state index in [4.69, 9.17) is 18.1 Å². The van der Waals surface area contributed by atoms with Crippen molar-refractivity contribution in [1.82, 2.24) is 0 Å². The van der Waals surface area contributed by atoms with Crippen LogP contribution in [0.5, 0.6) is 0 Å². The van der Waals surface area contributed by atoms with Gasteiger partial charge in [0.2, 0.25) is 0 Å². The van der Waals surface area contributed by atoms with Crippen LogP contribution in [0, 0.1) is 0 Å².